The van der Waals surface area contributed by atoms with Crippen LogP contribution in [0.3, 0.4) is 0 Å². The van der Waals surface area contributed by atoms with E-state index < -0.39 is 11.4 Å². The molecule has 1 aliphatic heterocycles. The first-order chi connectivity index (χ1) is 14.4. The van der Waals surface area contributed by atoms with Crippen molar-refractivity contribution in [3.8, 4) is 0 Å². The summed E-state index contributed by atoms with van der Waals surface area (Å²) in [6, 6.07) is 11.4. The fourth-order valence-corrected chi connectivity index (χ4v) is 3.66. The van der Waals surface area contributed by atoms with Crippen LogP contribution >= 0.6 is 28.7 Å². The number of thiol groups is 1. The van der Waals surface area contributed by atoms with E-state index in [0.29, 0.717) is 17.7 Å². The molecule has 1 unspecified atom stereocenters. The van der Waals surface area contributed by atoms with Crippen molar-refractivity contribution in [2.24, 2.45) is 0 Å². The molecule has 9 heteroatoms. The van der Waals surface area contributed by atoms with Crippen molar-refractivity contribution in [2.75, 3.05) is 13.6 Å². The lowest BCUT2D eigenvalue weighted by molar-refractivity contribution is -0.126. The molecule has 0 bridgehead atoms. The number of nitrogens with zero attached hydrogens (tertiary/aromatic N) is 1. The summed E-state index contributed by atoms with van der Waals surface area (Å²) in [5.41, 5.74) is 0.559. The fourth-order valence-electron chi connectivity index (χ4n) is 3.21. The average molecular weight is 498 g/mol. The van der Waals surface area contributed by atoms with Crippen molar-refractivity contribution in [2.45, 2.75) is 25.9 Å². The SMILES string of the molecule is C=O.CC.CNC(CN1Cc2ccc(F)cc2C1=O)(C(=O)NS)c1ccc(Br)cc1. The van der Waals surface area contributed by atoms with Crippen molar-refractivity contribution < 1.29 is 18.8 Å². The molecule has 0 radical (unpaired) electrons. The fraction of sp³-hybridized carbons (Fsp3) is 0.286. The molecule has 3 rings (SSSR count). The van der Waals surface area contributed by atoms with E-state index in [4.69, 9.17) is 4.79 Å². The first-order valence-corrected chi connectivity index (χ1v) is 10.4. The van der Waals surface area contributed by atoms with Crippen molar-refractivity contribution in [3.05, 3.63) is 69.4 Å². The Morgan fingerprint density at radius 2 is 1.83 bits per heavy atom. The van der Waals surface area contributed by atoms with Crippen LogP contribution in [-0.2, 0) is 21.7 Å². The molecule has 0 saturated heterocycles. The molecular weight excluding hydrogens is 473 g/mol. The average Bonchev–Trinajstić information content (AvgIpc) is 3.09. The van der Waals surface area contributed by atoms with E-state index in [-0.39, 0.29) is 18.4 Å². The number of amides is 2. The highest BCUT2D eigenvalue weighted by atomic mass is 79.9. The Kier molecular flexibility index (Phi) is 10.2. The van der Waals surface area contributed by atoms with Crippen LogP contribution in [0, 0.1) is 5.82 Å². The lowest BCUT2D eigenvalue weighted by Crippen LogP contribution is -2.57. The summed E-state index contributed by atoms with van der Waals surface area (Å²) in [7, 11) is 1.65. The highest BCUT2D eigenvalue weighted by molar-refractivity contribution is 9.10. The molecule has 162 valence electrons. The predicted octanol–water partition coefficient (Wildman–Crippen LogP) is 3.46. The Bertz CT molecular complexity index is 882. The summed E-state index contributed by atoms with van der Waals surface area (Å²) < 4.78 is 16.7. The highest BCUT2D eigenvalue weighted by Crippen LogP contribution is 2.30. The van der Waals surface area contributed by atoms with E-state index in [1.54, 1.807) is 25.2 Å². The summed E-state index contributed by atoms with van der Waals surface area (Å²) in [4.78, 5) is 35.0. The van der Waals surface area contributed by atoms with Crippen LogP contribution in [-0.4, -0.2) is 37.1 Å². The third-order valence-corrected chi connectivity index (χ3v) is 5.36. The summed E-state index contributed by atoms with van der Waals surface area (Å²) in [6.07, 6.45) is 0. The van der Waals surface area contributed by atoms with Gasteiger partial charge in [0.05, 0.1) is 6.54 Å². The molecule has 0 saturated carbocycles. The van der Waals surface area contributed by atoms with Gasteiger partial charge in [0.1, 0.15) is 18.1 Å². The van der Waals surface area contributed by atoms with Crippen molar-refractivity contribution in [1.82, 2.24) is 14.9 Å². The van der Waals surface area contributed by atoms with Gasteiger partial charge in [-0.05, 0) is 42.4 Å². The summed E-state index contributed by atoms with van der Waals surface area (Å²) in [6.45, 7) is 6.39. The third-order valence-electron chi connectivity index (χ3n) is 4.63. The van der Waals surface area contributed by atoms with Crippen molar-refractivity contribution in [1.29, 1.82) is 0 Å². The standard InChI is InChI=1S/C18H17BrFN3O2S.C2H6.CH2O/c1-21-18(17(25)22-26,12-3-5-13(19)6-4-12)10-23-9-11-2-7-14(20)8-15(11)16(23)24;2*1-2/h2-8,21,26H,9-10H2,1H3,(H,22,25);1-2H3;1H2. The first kappa shape index (κ1) is 25.8. The summed E-state index contributed by atoms with van der Waals surface area (Å²) >= 11 is 7.29. The van der Waals surface area contributed by atoms with Gasteiger partial charge in [-0.2, -0.15) is 0 Å². The van der Waals surface area contributed by atoms with Crippen LogP contribution in [0.1, 0.15) is 35.3 Å². The number of carbonyl (C=O) groups is 3. The Morgan fingerprint density at radius 1 is 1.23 bits per heavy atom. The molecular formula is C21H25BrFN3O3S. The topological polar surface area (TPSA) is 78.5 Å². The molecule has 6 nitrogen and oxygen atoms in total. The van der Waals surface area contributed by atoms with Gasteiger partial charge in [0.15, 0.2) is 0 Å². The highest BCUT2D eigenvalue weighted by Gasteiger charge is 2.43. The molecule has 0 spiro atoms. The van der Waals surface area contributed by atoms with Crippen LogP contribution in [0.15, 0.2) is 46.9 Å². The minimum Gasteiger partial charge on any atom is -0.332 e. The van der Waals surface area contributed by atoms with Crippen LogP contribution in [0.5, 0.6) is 0 Å². The second-order valence-corrected chi connectivity index (χ2v) is 7.21. The number of benzene rings is 2. The molecule has 0 aliphatic carbocycles. The molecule has 2 N–H and O–H groups in total. The van der Waals surface area contributed by atoms with Gasteiger partial charge in [-0.3, -0.25) is 9.59 Å². The van der Waals surface area contributed by atoms with Crippen molar-refractivity contribution >= 4 is 47.3 Å². The molecule has 2 aromatic carbocycles. The van der Waals surface area contributed by atoms with Crippen molar-refractivity contribution in [3.63, 3.8) is 0 Å². The van der Waals surface area contributed by atoms with Gasteiger partial charge < -0.3 is 19.7 Å². The number of hydrogen-bond acceptors (Lipinski definition) is 5. The maximum Gasteiger partial charge on any atom is 0.256 e. The van der Waals surface area contributed by atoms with Crippen LogP contribution in [0.25, 0.3) is 0 Å². The van der Waals surface area contributed by atoms with Crippen LogP contribution in [0.4, 0.5) is 4.39 Å². The van der Waals surface area contributed by atoms with E-state index in [1.165, 1.54) is 17.0 Å². The third kappa shape index (κ3) is 5.27. The van der Waals surface area contributed by atoms with Gasteiger partial charge in [0.2, 0.25) is 0 Å². The van der Waals surface area contributed by atoms with Gasteiger partial charge in [-0.15, -0.1) is 0 Å². The second-order valence-electron chi connectivity index (χ2n) is 6.07. The smallest absolute Gasteiger partial charge is 0.256 e. The number of carbonyl (C=O) groups excluding carboxylic acids is 3. The zero-order chi connectivity index (χ0) is 22.9. The Balaban J connectivity index is 0.00000106. The number of nitrogens with one attached hydrogen (secondary N) is 2. The Labute approximate surface area is 189 Å². The lowest BCUT2D eigenvalue weighted by atomic mass is 9.88. The maximum atomic E-state index is 13.5. The van der Waals surface area contributed by atoms with E-state index in [1.807, 2.05) is 32.8 Å². The number of halogens is 2. The van der Waals surface area contributed by atoms with Gasteiger partial charge in [-0.1, -0.05) is 60.8 Å². The zero-order valence-corrected chi connectivity index (χ0v) is 19.5. The Morgan fingerprint density at radius 3 is 2.37 bits per heavy atom. The largest absolute Gasteiger partial charge is 0.332 e. The summed E-state index contributed by atoms with van der Waals surface area (Å²) in [5.74, 6) is -1.15. The maximum absolute atomic E-state index is 13.5. The number of hydrogen-bond donors (Lipinski definition) is 3. The van der Waals surface area contributed by atoms with Gasteiger partial charge in [-0.25, -0.2) is 4.39 Å². The molecule has 1 atom stereocenters. The monoisotopic (exact) mass is 497 g/mol. The van der Waals surface area contributed by atoms with E-state index in [0.717, 1.165) is 10.0 Å². The quantitative estimate of drug-likeness (QED) is 0.552. The predicted molar refractivity (Wildman–Crippen MR) is 122 cm³/mol. The molecule has 2 aromatic rings. The minimum absolute atomic E-state index is 0.0760. The molecule has 2 amide bonds. The number of rotatable bonds is 5. The van der Waals surface area contributed by atoms with E-state index in [9.17, 15) is 14.0 Å². The lowest BCUT2D eigenvalue weighted by Gasteiger charge is -2.35. The van der Waals surface area contributed by atoms with Gasteiger partial charge >= 0.3 is 0 Å². The second kappa shape index (κ2) is 11.8. The zero-order valence-electron chi connectivity index (χ0n) is 17.0. The number of likely N-dealkylation sites (N-methyl/N-ethyl adjacent to an activating group) is 1. The Hall–Kier alpha value is -2.23. The molecule has 30 heavy (non-hydrogen) atoms. The molecule has 1 heterocycles. The van der Waals surface area contributed by atoms with E-state index >= 15 is 0 Å². The molecule has 1 aliphatic rings. The van der Waals surface area contributed by atoms with Gasteiger partial charge in [0, 0.05) is 16.6 Å². The van der Waals surface area contributed by atoms with Crippen LogP contribution < -0.4 is 10.0 Å². The minimum atomic E-state index is -1.20. The van der Waals surface area contributed by atoms with Crippen LogP contribution in [0.2, 0.25) is 0 Å². The molecule has 0 fully saturated rings. The normalized spacial score (nSPS) is 13.8. The van der Waals surface area contributed by atoms with Gasteiger partial charge in [0.25, 0.3) is 11.8 Å². The molecule has 0 aromatic heterocycles. The summed E-state index contributed by atoms with van der Waals surface area (Å²) in [5, 5.41) is 3.04. The number of fused-ring (bicyclic) bond motifs is 1. The first-order valence-electron chi connectivity index (χ1n) is 9.17. The van der Waals surface area contributed by atoms with E-state index in [2.05, 4.69) is 38.8 Å².